The van der Waals surface area contributed by atoms with Crippen LogP contribution in [0.1, 0.15) is 45.2 Å². The van der Waals surface area contributed by atoms with E-state index in [2.05, 4.69) is 16.4 Å². The van der Waals surface area contributed by atoms with Crippen molar-refractivity contribution in [3.05, 3.63) is 60.2 Å². The number of nitrogens with zero attached hydrogens (tertiary/aromatic N) is 1. The number of rotatable bonds is 5. The molecule has 1 saturated heterocycles. The maximum Gasteiger partial charge on any atom is 0.407 e. The van der Waals surface area contributed by atoms with Crippen molar-refractivity contribution in [2.24, 2.45) is 29.6 Å². The van der Waals surface area contributed by atoms with Gasteiger partial charge in [0.1, 0.15) is 11.9 Å². The van der Waals surface area contributed by atoms with Crippen molar-refractivity contribution in [1.29, 1.82) is 0 Å². The van der Waals surface area contributed by atoms with Crippen molar-refractivity contribution < 1.29 is 41.0 Å². The summed E-state index contributed by atoms with van der Waals surface area (Å²) in [7, 11) is -4.67. The van der Waals surface area contributed by atoms with Crippen molar-refractivity contribution in [1.82, 2.24) is 10.3 Å². The Bertz CT molecular complexity index is 1360. The minimum Gasteiger partial charge on any atom is -0.462 e. The molecule has 7 unspecified atom stereocenters. The van der Waals surface area contributed by atoms with Gasteiger partial charge in [0, 0.05) is 23.7 Å². The summed E-state index contributed by atoms with van der Waals surface area (Å²) < 4.78 is 55.9. The Morgan fingerprint density at radius 2 is 1.95 bits per heavy atom. The molecule has 1 aliphatic heterocycles. The number of alkyl carbamates (subject to hydrolysis) is 1. The van der Waals surface area contributed by atoms with Crippen LogP contribution in [0.4, 0.5) is 9.18 Å². The number of carbonyl (C=O) groups is 2. The Morgan fingerprint density at radius 1 is 1.20 bits per heavy atom. The summed E-state index contributed by atoms with van der Waals surface area (Å²) in [6.45, 7) is 4.15. The molecule has 1 aromatic carbocycles. The molecule has 0 bridgehead atoms. The van der Waals surface area contributed by atoms with E-state index in [1.54, 1.807) is 19.2 Å². The number of allylic oxidation sites excluding steroid dienone is 1. The molecule has 0 spiro atoms. The third-order valence-electron chi connectivity index (χ3n) is 8.18. The van der Waals surface area contributed by atoms with Crippen molar-refractivity contribution >= 4 is 28.5 Å². The summed E-state index contributed by atoms with van der Waals surface area (Å²) >= 11 is 0. The Labute approximate surface area is 238 Å². The molecule has 2 saturated carbocycles. The first-order chi connectivity index (χ1) is 19.4. The zero-order valence-electron chi connectivity index (χ0n) is 22.9. The molecule has 3 fully saturated rings. The average Bonchev–Trinajstić information content (AvgIpc) is 3.18. The SMILES string of the molecule is CCOC(=O)NC1CCC2C(C1)CC1C(=O)OC(C)C1C2C=Cc1ccc(-c2cccc(F)c2)cn1.O=S(=O)(O)O. The molecule has 5 rings (SSSR count). The number of hydrogen-bond acceptors (Lipinski definition) is 7. The third-order valence-corrected chi connectivity index (χ3v) is 8.18. The summed E-state index contributed by atoms with van der Waals surface area (Å²) in [5.74, 6) is 0.629. The second kappa shape index (κ2) is 13.1. The van der Waals surface area contributed by atoms with Gasteiger partial charge < -0.3 is 14.8 Å². The highest BCUT2D eigenvalue weighted by Crippen LogP contribution is 2.53. The van der Waals surface area contributed by atoms with E-state index in [9.17, 15) is 14.0 Å². The third kappa shape index (κ3) is 8.11. The lowest BCUT2D eigenvalue weighted by Gasteiger charge is -2.47. The Balaban J connectivity index is 0.000000714. The minimum atomic E-state index is -4.67. The molecule has 3 N–H and O–H groups in total. The van der Waals surface area contributed by atoms with E-state index in [1.807, 2.05) is 31.2 Å². The molecule has 222 valence electrons. The van der Waals surface area contributed by atoms with Gasteiger partial charge in [0.05, 0.1) is 18.2 Å². The smallest absolute Gasteiger partial charge is 0.407 e. The van der Waals surface area contributed by atoms with Crippen molar-refractivity contribution in [2.75, 3.05) is 6.61 Å². The van der Waals surface area contributed by atoms with Gasteiger partial charge in [-0.2, -0.15) is 8.42 Å². The predicted molar refractivity (Wildman–Crippen MR) is 148 cm³/mol. The lowest BCUT2D eigenvalue weighted by atomic mass is 9.57. The topological polar surface area (TPSA) is 152 Å². The molecule has 7 atom stereocenters. The fraction of sp³-hybridized carbons (Fsp3) is 0.483. The number of amides is 1. The Morgan fingerprint density at radius 3 is 2.61 bits per heavy atom. The molecule has 1 aromatic heterocycles. The Kier molecular flexibility index (Phi) is 9.77. The standard InChI is InChI=1S/C29H33FN2O4.H2O4S/c1-3-35-29(34)32-23-10-11-24-20(14-23)15-26-27(17(2)36-28(26)33)25(24)12-9-22-8-7-19(16-31-22)18-5-4-6-21(30)13-18;1-5(2,3)4/h4-9,12-13,16-17,20,23-27H,3,10-11,14-15H2,1-2H3,(H,32,34);(H2,1,2,3,4). The highest BCUT2D eigenvalue weighted by Gasteiger charge is 2.54. The van der Waals surface area contributed by atoms with Crippen LogP contribution in [-0.2, 0) is 24.7 Å². The number of aromatic nitrogens is 1. The number of hydrogen-bond donors (Lipinski definition) is 3. The molecule has 2 aliphatic carbocycles. The van der Waals surface area contributed by atoms with Gasteiger partial charge in [-0.1, -0.05) is 24.3 Å². The summed E-state index contributed by atoms with van der Waals surface area (Å²) in [6, 6.07) is 10.4. The number of cyclic esters (lactones) is 1. The van der Waals surface area contributed by atoms with Gasteiger partial charge in [0.25, 0.3) is 0 Å². The van der Waals surface area contributed by atoms with Crippen molar-refractivity contribution in [3.63, 3.8) is 0 Å². The second-order valence-corrected chi connectivity index (χ2v) is 11.6. The van der Waals surface area contributed by atoms with Crippen LogP contribution in [0.5, 0.6) is 0 Å². The number of esters is 1. The first-order valence-corrected chi connectivity index (χ1v) is 15.1. The molecule has 10 nitrogen and oxygen atoms in total. The van der Waals surface area contributed by atoms with Crippen LogP contribution in [0, 0.1) is 35.4 Å². The van der Waals surface area contributed by atoms with Gasteiger partial charge in [0.2, 0.25) is 0 Å². The number of carbonyl (C=O) groups excluding carboxylic acids is 2. The van der Waals surface area contributed by atoms with Gasteiger partial charge in [-0.25, -0.2) is 9.18 Å². The fourth-order valence-electron chi connectivity index (χ4n) is 6.64. The quantitative estimate of drug-likeness (QED) is 0.323. The molecule has 2 aromatic rings. The largest absolute Gasteiger partial charge is 0.462 e. The van der Waals surface area contributed by atoms with Crippen molar-refractivity contribution in [3.8, 4) is 11.1 Å². The van der Waals surface area contributed by atoms with E-state index < -0.39 is 10.4 Å². The van der Waals surface area contributed by atoms with E-state index in [1.165, 1.54) is 12.1 Å². The molecule has 41 heavy (non-hydrogen) atoms. The highest BCUT2D eigenvalue weighted by molar-refractivity contribution is 7.79. The number of pyridine rings is 1. The number of ether oxygens (including phenoxy) is 2. The minimum absolute atomic E-state index is 0.0679. The van der Waals surface area contributed by atoms with E-state index in [-0.39, 0.29) is 47.8 Å². The van der Waals surface area contributed by atoms with Crippen LogP contribution in [0.25, 0.3) is 17.2 Å². The zero-order valence-corrected chi connectivity index (χ0v) is 23.7. The first-order valence-electron chi connectivity index (χ1n) is 13.7. The first kappa shape index (κ1) is 30.6. The van der Waals surface area contributed by atoms with Crippen LogP contribution in [-0.4, -0.2) is 53.3 Å². The molecular formula is C29H35FN2O8S. The molecular weight excluding hydrogens is 555 g/mol. The molecule has 0 radical (unpaired) electrons. The number of benzene rings is 1. The lowest BCUT2D eigenvalue weighted by molar-refractivity contribution is -0.144. The predicted octanol–water partition coefficient (Wildman–Crippen LogP) is 4.98. The van der Waals surface area contributed by atoms with E-state index in [0.29, 0.717) is 18.4 Å². The van der Waals surface area contributed by atoms with Crippen LogP contribution < -0.4 is 5.32 Å². The van der Waals surface area contributed by atoms with Gasteiger partial charge in [-0.15, -0.1) is 0 Å². The van der Waals surface area contributed by atoms with Crippen LogP contribution in [0.3, 0.4) is 0 Å². The molecule has 1 amide bonds. The highest BCUT2D eigenvalue weighted by atomic mass is 32.3. The van der Waals surface area contributed by atoms with Gasteiger partial charge in [0.15, 0.2) is 0 Å². The summed E-state index contributed by atoms with van der Waals surface area (Å²) in [5.41, 5.74) is 2.48. The summed E-state index contributed by atoms with van der Waals surface area (Å²) in [4.78, 5) is 29.2. The van der Waals surface area contributed by atoms with Gasteiger partial charge in [-0.3, -0.25) is 18.9 Å². The maximum absolute atomic E-state index is 13.6. The van der Waals surface area contributed by atoms with E-state index in [0.717, 1.165) is 42.5 Å². The Hall–Kier alpha value is -3.35. The van der Waals surface area contributed by atoms with Crippen LogP contribution in [0.2, 0.25) is 0 Å². The number of fused-ring (bicyclic) bond motifs is 2. The van der Waals surface area contributed by atoms with Crippen LogP contribution in [0.15, 0.2) is 48.7 Å². The maximum atomic E-state index is 13.6. The monoisotopic (exact) mass is 590 g/mol. The normalized spacial score (nSPS) is 29.0. The lowest BCUT2D eigenvalue weighted by Crippen LogP contribution is -2.48. The van der Waals surface area contributed by atoms with Gasteiger partial charge >= 0.3 is 22.5 Å². The molecule has 2 heterocycles. The van der Waals surface area contributed by atoms with Crippen molar-refractivity contribution in [2.45, 2.75) is 51.7 Å². The molecule has 3 aliphatic rings. The zero-order chi connectivity index (χ0) is 29.7. The summed E-state index contributed by atoms with van der Waals surface area (Å²) in [5, 5.41) is 3.00. The number of nitrogens with one attached hydrogen (secondary N) is 1. The number of halogens is 1. The van der Waals surface area contributed by atoms with E-state index >= 15 is 0 Å². The van der Waals surface area contributed by atoms with Crippen LogP contribution >= 0.6 is 0 Å². The summed E-state index contributed by atoms with van der Waals surface area (Å²) in [6.07, 6.45) is 9.07. The second-order valence-electron chi connectivity index (χ2n) is 10.7. The average molecular weight is 591 g/mol. The van der Waals surface area contributed by atoms with E-state index in [4.69, 9.17) is 27.0 Å². The molecule has 12 heteroatoms. The fourth-order valence-corrected chi connectivity index (χ4v) is 6.64. The van der Waals surface area contributed by atoms with Gasteiger partial charge in [-0.05, 0) is 87.1 Å².